The SMILES string of the molecule is CCOC(=O)C1=C(O)/C(=C\c2ccc(O)c(C)c2)SC1=Nc1ccc(OC)c(OC)c1. The number of rotatable bonds is 6. The van der Waals surface area contributed by atoms with Crippen LogP contribution in [0.25, 0.3) is 6.08 Å². The van der Waals surface area contributed by atoms with Crippen LogP contribution < -0.4 is 9.47 Å². The van der Waals surface area contributed by atoms with E-state index in [1.807, 2.05) is 0 Å². The van der Waals surface area contributed by atoms with Crippen LogP contribution in [-0.2, 0) is 9.53 Å². The zero-order chi connectivity index (χ0) is 22.5. The number of benzene rings is 2. The van der Waals surface area contributed by atoms with Crippen LogP contribution in [0.1, 0.15) is 18.1 Å². The first kappa shape index (κ1) is 22.3. The van der Waals surface area contributed by atoms with Crippen molar-refractivity contribution in [2.24, 2.45) is 4.99 Å². The minimum absolute atomic E-state index is 0.00313. The molecule has 0 saturated heterocycles. The van der Waals surface area contributed by atoms with Gasteiger partial charge >= 0.3 is 5.97 Å². The number of nitrogens with zero attached hydrogens (tertiary/aromatic N) is 1. The second-order valence-corrected chi connectivity index (χ2v) is 7.59. The molecule has 0 aromatic heterocycles. The number of methoxy groups -OCH3 is 2. The summed E-state index contributed by atoms with van der Waals surface area (Å²) in [6.45, 7) is 3.64. The molecule has 0 spiro atoms. The molecule has 1 aliphatic rings. The van der Waals surface area contributed by atoms with Crippen molar-refractivity contribution in [1.82, 2.24) is 0 Å². The molecule has 2 N–H and O–H groups in total. The zero-order valence-corrected chi connectivity index (χ0v) is 18.4. The van der Waals surface area contributed by atoms with E-state index in [4.69, 9.17) is 14.2 Å². The van der Waals surface area contributed by atoms with E-state index in [9.17, 15) is 15.0 Å². The third-order valence-electron chi connectivity index (χ3n) is 4.49. The lowest BCUT2D eigenvalue weighted by Crippen LogP contribution is -2.12. The number of phenolic OH excluding ortho intramolecular Hbond substituents is 1. The van der Waals surface area contributed by atoms with E-state index in [0.717, 1.165) is 17.3 Å². The highest BCUT2D eigenvalue weighted by molar-refractivity contribution is 8.18. The highest BCUT2D eigenvalue weighted by Gasteiger charge is 2.33. The van der Waals surface area contributed by atoms with E-state index >= 15 is 0 Å². The summed E-state index contributed by atoms with van der Waals surface area (Å²) in [7, 11) is 3.06. The number of aromatic hydroxyl groups is 1. The van der Waals surface area contributed by atoms with E-state index in [0.29, 0.717) is 32.7 Å². The van der Waals surface area contributed by atoms with Crippen LogP contribution in [0.5, 0.6) is 17.2 Å². The molecule has 7 nitrogen and oxygen atoms in total. The quantitative estimate of drug-likeness (QED) is 0.615. The molecule has 0 unspecified atom stereocenters. The summed E-state index contributed by atoms with van der Waals surface area (Å²) in [5.41, 5.74) is 1.99. The fraction of sp³-hybridized carbons (Fsp3) is 0.217. The van der Waals surface area contributed by atoms with Gasteiger partial charge in [0, 0.05) is 6.07 Å². The van der Waals surface area contributed by atoms with Crippen LogP contribution in [0.4, 0.5) is 5.69 Å². The number of hydrogen-bond acceptors (Lipinski definition) is 8. The monoisotopic (exact) mass is 441 g/mol. The zero-order valence-electron chi connectivity index (χ0n) is 17.6. The molecule has 0 saturated carbocycles. The van der Waals surface area contributed by atoms with Crippen molar-refractivity contribution in [2.45, 2.75) is 13.8 Å². The largest absolute Gasteiger partial charge is 0.508 e. The predicted octanol–water partition coefficient (Wildman–Crippen LogP) is 4.91. The first-order valence-corrected chi connectivity index (χ1v) is 10.3. The summed E-state index contributed by atoms with van der Waals surface area (Å²) in [6, 6.07) is 10.2. The first-order chi connectivity index (χ1) is 14.9. The lowest BCUT2D eigenvalue weighted by atomic mass is 10.1. The molecule has 1 aliphatic heterocycles. The van der Waals surface area contributed by atoms with Gasteiger partial charge in [-0.2, -0.15) is 0 Å². The Hall–Kier alpha value is -3.39. The molecule has 0 aliphatic carbocycles. The second-order valence-electron chi connectivity index (χ2n) is 6.56. The molecular weight excluding hydrogens is 418 g/mol. The van der Waals surface area contributed by atoms with Crippen LogP contribution in [0, 0.1) is 6.92 Å². The summed E-state index contributed by atoms with van der Waals surface area (Å²) in [5, 5.41) is 20.8. The normalized spacial score (nSPS) is 16.1. The van der Waals surface area contributed by atoms with Gasteiger partial charge in [-0.3, -0.25) is 0 Å². The number of carbonyl (C=O) groups is 1. The molecule has 0 amide bonds. The minimum Gasteiger partial charge on any atom is -0.508 e. The number of aliphatic hydroxyl groups excluding tert-OH is 1. The number of phenols is 1. The van der Waals surface area contributed by atoms with Crippen LogP contribution in [0.3, 0.4) is 0 Å². The number of carbonyl (C=O) groups excluding carboxylic acids is 1. The molecule has 31 heavy (non-hydrogen) atoms. The number of thioether (sulfide) groups is 1. The summed E-state index contributed by atoms with van der Waals surface area (Å²) >= 11 is 1.16. The van der Waals surface area contributed by atoms with Gasteiger partial charge in [0.05, 0.1) is 31.4 Å². The Bertz CT molecular complexity index is 1100. The van der Waals surface area contributed by atoms with Crippen molar-refractivity contribution >= 4 is 34.5 Å². The Balaban J connectivity index is 2.05. The molecule has 1 heterocycles. The van der Waals surface area contributed by atoms with Gasteiger partial charge in [-0.1, -0.05) is 17.8 Å². The van der Waals surface area contributed by atoms with E-state index in [2.05, 4.69) is 4.99 Å². The first-order valence-electron chi connectivity index (χ1n) is 9.48. The van der Waals surface area contributed by atoms with Gasteiger partial charge in [0.15, 0.2) is 11.5 Å². The highest BCUT2D eigenvalue weighted by Crippen LogP contribution is 2.41. The smallest absolute Gasteiger partial charge is 0.344 e. The van der Waals surface area contributed by atoms with E-state index < -0.39 is 5.97 Å². The number of hydrogen-bond donors (Lipinski definition) is 2. The van der Waals surface area contributed by atoms with Crippen LogP contribution >= 0.6 is 11.8 Å². The Morgan fingerprint density at radius 2 is 1.84 bits per heavy atom. The molecule has 3 rings (SSSR count). The average Bonchev–Trinajstić information content (AvgIpc) is 3.05. The van der Waals surface area contributed by atoms with Crippen molar-refractivity contribution in [3.8, 4) is 17.2 Å². The fourth-order valence-corrected chi connectivity index (χ4v) is 3.96. The highest BCUT2D eigenvalue weighted by atomic mass is 32.2. The van der Waals surface area contributed by atoms with E-state index in [1.165, 1.54) is 14.2 Å². The molecule has 0 bridgehead atoms. The molecule has 8 heteroatoms. The Kier molecular flexibility index (Phi) is 6.91. The van der Waals surface area contributed by atoms with E-state index in [-0.39, 0.29) is 23.7 Å². The van der Waals surface area contributed by atoms with Gasteiger partial charge in [-0.15, -0.1) is 0 Å². The maximum atomic E-state index is 12.5. The summed E-state index contributed by atoms with van der Waals surface area (Å²) in [5.74, 6) is 0.376. The molecule has 0 atom stereocenters. The standard InChI is InChI=1S/C23H23NO6S/c1-5-30-23(27)20-21(26)19(11-14-6-8-16(25)13(2)10-14)31-22(20)24-15-7-9-17(28-3)18(12-15)29-4/h6-12,25-26H,5H2,1-4H3/b19-11+,24-22?. The van der Waals surface area contributed by atoms with Crippen LogP contribution in [0.2, 0.25) is 0 Å². The average molecular weight is 442 g/mol. The second kappa shape index (κ2) is 9.61. The van der Waals surface area contributed by atoms with Crippen molar-refractivity contribution < 1.29 is 29.2 Å². The van der Waals surface area contributed by atoms with E-state index in [1.54, 1.807) is 56.3 Å². The van der Waals surface area contributed by atoms with Crippen LogP contribution in [-0.4, -0.2) is 42.1 Å². The number of aliphatic hydroxyl groups is 1. The number of ether oxygens (including phenoxy) is 3. The van der Waals surface area contributed by atoms with Gasteiger partial charge in [-0.25, -0.2) is 9.79 Å². The molecule has 0 fully saturated rings. The van der Waals surface area contributed by atoms with Gasteiger partial charge in [-0.05, 0) is 55.3 Å². The molecule has 162 valence electrons. The summed E-state index contributed by atoms with van der Waals surface area (Å²) < 4.78 is 15.7. The van der Waals surface area contributed by atoms with Gasteiger partial charge < -0.3 is 24.4 Å². The Morgan fingerprint density at radius 3 is 2.48 bits per heavy atom. The molecular formula is C23H23NO6S. The van der Waals surface area contributed by atoms with Crippen molar-refractivity contribution in [1.29, 1.82) is 0 Å². The van der Waals surface area contributed by atoms with Gasteiger partial charge in [0.25, 0.3) is 0 Å². The minimum atomic E-state index is -0.656. The number of aliphatic imine (C=N–C) groups is 1. The third kappa shape index (κ3) is 4.86. The third-order valence-corrected chi connectivity index (χ3v) is 5.51. The summed E-state index contributed by atoms with van der Waals surface area (Å²) in [4.78, 5) is 17.5. The number of esters is 1. The van der Waals surface area contributed by atoms with Gasteiger partial charge in [0.2, 0.25) is 0 Å². The maximum absolute atomic E-state index is 12.5. The van der Waals surface area contributed by atoms with Gasteiger partial charge in [0.1, 0.15) is 22.1 Å². The lowest BCUT2D eigenvalue weighted by Gasteiger charge is -2.08. The Labute approximate surface area is 184 Å². The Morgan fingerprint density at radius 1 is 1.10 bits per heavy atom. The maximum Gasteiger partial charge on any atom is 0.344 e. The molecule has 2 aromatic carbocycles. The van der Waals surface area contributed by atoms with Crippen molar-refractivity contribution in [3.63, 3.8) is 0 Å². The molecule has 2 aromatic rings. The van der Waals surface area contributed by atoms with Crippen LogP contribution in [0.15, 0.2) is 57.6 Å². The number of aryl methyl sites for hydroxylation is 1. The predicted molar refractivity (Wildman–Crippen MR) is 121 cm³/mol. The topological polar surface area (TPSA) is 97.6 Å². The summed E-state index contributed by atoms with van der Waals surface area (Å²) in [6.07, 6.45) is 1.72. The molecule has 0 radical (unpaired) electrons. The van der Waals surface area contributed by atoms with Crippen molar-refractivity contribution in [3.05, 3.63) is 63.8 Å². The van der Waals surface area contributed by atoms with Crippen molar-refractivity contribution in [2.75, 3.05) is 20.8 Å². The fourth-order valence-electron chi connectivity index (χ4n) is 2.92. The lowest BCUT2D eigenvalue weighted by molar-refractivity contribution is -0.138.